The lowest BCUT2D eigenvalue weighted by Gasteiger charge is -2.39. The summed E-state index contributed by atoms with van der Waals surface area (Å²) in [7, 11) is 1.84. The lowest BCUT2D eigenvalue weighted by Crippen LogP contribution is -2.48. The normalized spacial score (nSPS) is 28.2. The van der Waals surface area contributed by atoms with Crippen molar-refractivity contribution in [3.63, 3.8) is 0 Å². The van der Waals surface area contributed by atoms with Crippen LogP contribution in [0.4, 0.5) is 0 Å². The summed E-state index contributed by atoms with van der Waals surface area (Å²) in [5.74, 6) is 0. The summed E-state index contributed by atoms with van der Waals surface area (Å²) in [6.07, 6.45) is 4.92. The molecular formula is C14H30N2O. The van der Waals surface area contributed by atoms with Crippen LogP contribution in [0.1, 0.15) is 46.5 Å². The first-order valence-corrected chi connectivity index (χ1v) is 7.10. The molecule has 102 valence electrons. The Morgan fingerprint density at radius 1 is 1.47 bits per heavy atom. The van der Waals surface area contributed by atoms with Crippen LogP contribution in [0.15, 0.2) is 0 Å². The first-order chi connectivity index (χ1) is 8.09. The standard InChI is InChI=1S/C14H30N2O/c1-5-9-15-13(2)7-11-16-10-6-8-14(3,12-16)17-4/h13,15H,5-12H2,1-4H3. The largest absolute Gasteiger partial charge is 0.377 e. The molecule has 2 unspecified atom stereocenters. The molecule has 0 saturated carbocycles. The zero-order valence-electron chi connectivity index (χ0n) is 12.1. The Balaban J connectivity index is 2.22. The van der Waals surface area contributed by atoms with E-state index in [1.807, 2.05) is 7.11 Å². The summed E-state index contributed by atoms with van der Waals surface area (Å²) in [4.78, 5) is 2.55. The summed E-state index contributed by atoms with van der Waals surface area (Å²) in [5.41, 5.74) is 0.0817. The Morgan fingerprint density at radius 2 is 2.24 bits per heavy atom. The molecule has 0 aromatic rings. The molecule has 1 aliphatic heterocycles. The van der Waals surface area contributed by atoms with Gasteiger partial charge in [-0.3, -0.25) is 0 Å². The fraction of sp³-hybridized carbons (Fsp3) is 1.00. The number of piperidine rings is 1. The van der Waals surface area contributed by atoms with Gasteiger partial charge in [0.2, 0.25) is 0 Å². The fourth-order valence-electron chi connectivity index (χ4n) is 2.53. The van der Waals surface area contributed by atoms with E-state index in [0.29, 0.717) is 6.04 Å². The van der Waals surface area contributed by atoms with Crippen LogP contribution in [0.3, 0.4) is 0 Å². The molecule has 1 rings (SSSR count). The molecule has 0 radical (unpaired) electrons. The Morgan fingerprint density at radius 3 is 2.88 bits per heavy atom. The van der Waals surface area contributed by atoms with Gasteiger partial charge in [-0.15, -0.1) is 0 Å². The van der Waals surface area contributed by atoms with Crippen molar-refractivity contribution in [1.82, 2.24) is 10.2 Å². The van der Waals surface area contributed by atoms with E-state index in [0.717, 1.165) is 13.1 Å². The molecule has 3 heteroatoms. The van der Waals surface area contributed by atoms with E-state index in [9.17, 15) is 0 Å². The molecule has 1 heterocycles. The Hall–Kier alpha value is -0.120. The zero-order valence-corrected chi connectivity index (χ0v) is 12.1. The first kappa shape index (κ1) is 14.9. The number of likely N-dealkylation sites (tertiary alicyclic amines) is 1. The second-order valence-corrected chi connectivity index (χ2v) is 5.68. The lowest BCUT2D eigenvalue weighted by molar-refractivity contribution is -0.0511. The number of hydrogen-bond acceptors (Lipinski definition) is 3. The minimum atomic E-state index is 0.0817. The maximum absolute atomic E-state index is 5.62. The van der Waals surface area contributed by atoms with Crippen LogP contribution in [0.25, 0.3) is 0 Å². The molecule has 1 fully saturated rings. The lowest BCUT2D eigenvalue weighted by atomic mass is 9.94. The van der Waals surface area contributed by atoms with Gasteiger partial charge in [0.1, 0.15) is 0 Å². The molecule has 1 N–H and O–H groups in total. The highest BCUT2D eigenvalue weighted by Crippen LogP contribution is 2.23. The highest BCUT2D eigenvalue weighted by molar-refractivity contribution is 4.84. The first-order valence-electron chi connectivity index (χ1n) is 7.10. The van der Waals surface area contributed by atoms with Gasteiger partial charge >= 0.3 is 0 Å². The Bertz CT molecular complexity index is 210. The predicted molar refractivity (Wildman–Crippen MR) is 73.5 cm³/mol. The van der Waals surface area contributed by atoms with E-state index >= 15 is 0 Å². The van der Waals surface area contributed by atoms with Gasteiger partial charge in [0, 0.05) is 19.7 Å². The highest BCUT2D eigenvalue weighted by Gasteiger charge is 2.30. The van der Waals surface area contributed by atoms with E-state index in [-0.39, 0.29) is 5.60 Å². The van der Waals surface area contributed by atoms with Crippen LogP contribution in [-0.2, 0) is 4.74 Å². The molecule has 1 aliphatic rings. The fourth-order valence-corrected chi connectivity index (χ4v) is 2.53. The van der Waals surface area contributed by atoms with E-state index in [1.54, 1.807) is 0 Å². The van der Waals surface area contributed by atoms with Gasteiger partial charge in [0.25, 0.3) is 0 Å². The minimum absolute atomic E-state index is 0.0817. The van der Waals surface area contributed by atoms with E-state index in [1.165, 1.54) is 38.8 Å². The number of methoxy groups -OCH3 is 1. The average molecular weight is 242 g/mol. The Labute approximate surface area is 107 Å². The third-order valence-electron chi connectivity index (χ3n) is 3.85. The van der Waals surface area contributed by atoms with Crippen LogP contribution in [-0.4, -0.2) is 49.8 Å². The number of nitrogens with zero attached hydrogens (tertiary/aromatic N) is 1. The molecule has 17 heavy (non-hydrogen) atoms. The predicted octanol–water partition coefficient (Wildman–Crippen LogP) is 2.27. The van der Waals surface area contributed by atoms with Crippen LogP contribution in [0.2, 0.25) is 0 Å². The van der Waals surface area contributed by atoms with Crippen molar-refractivity contribution in [2.75, 3.05) is 33.3 Å². The molecule has 0 aliphatic carbocycles. The van der Waals surface area contributed by atoms with Gasteiger partial charge in [0.05, 0.1) is 5.60 Å². The van der Waals surface area contributed by atoms with Crippen LogP contribution in [0, 0.1) is 0 Å². The van der Waals surface area contributed by atoms with Crippen LogP contribution in [0.5, 0.6) is 0 Å². The zero-order chi connectivity index (χ0) is 12.7. The van der Waals surface area contributed by atoms with Gasteiger partial charge in [-0.2, -0.15) is 0 Å². The second kappa shape index (κ2) is 7.34. The summed E-state index contributed by atoms with van der Waals surface area (Å²) >= 11 is 0. The van der Waals surface area contributed by atoms with Crippen LogP contribution >= 0.6 is 0 Å². The third-order valence-corrected chi connectivity index (χ3v) is 3.85. The van der Waals surface area contributed by atoms with Crippen molar-refractivity contribution in [3.8, 4) is 0 Å². The SMILES string of the molecule is CCCNC(C)CCN1CCCC(C)(OC)C1. The van der Waals surface area contributed by atoms with Crippen molar-refractivity contribution in [2.24, 2.45) is 0 Å². The van der Waals surface area contributed by atoms with Gasteiger partial charge < -0.3 is 15.0 Å². The average Bonchev–Trinajstić information content (AvgIpc) is 2.34. The monoisotopic (exact) mass is 242 g/mol. The molecule has 0 amide bonds. The highest BCUT2D eigenvalue weighted by atomic mass is 16.5. The second-order valence-electron chi connectivity index (χ2n) is 5.68. The van der Waals surface area contributed by atoms with E-state index < -0.39 is 0 Å². The molecule has 0 aromatic carbocycles. The molecule has 1 saturated heterocycles. The van der Waals surface area contributed by atoms with Crippen molar-refractivity contribution in [3.05, 3.63) is 0 Å². The smallest absolute Gasteiger partial charge is 0.0777 e. The molecule has 0 aromatic heterocycles. The van der Waals surface area contributed by atoms with E-state index in [4.69, 9.17) is 4.74 Å². The molecule has 3 nitrogen and oxygen atoms in total. The number of hydrogen-bond donors (Lipinski definition) is 1. The van der Waals surface area contributed by atoms with Gasteiger partial charge in [-0.05, 0) is 59.2 Å². The summed E-state index contributed by atoms with van der Waals surface area (Å²) in [5, 5.41) is 3.55. The summed E-state index contributed by atoms with van der Waals surface area (Å²) in [6, 6.07) is 0.630. The van der Waals surface area contributed by atoms with Gasteiger partial charge in [0.15, 0.2) is 0 Å². The summed E-state index contributed by atoms with van der Waals surface area (Å²) in [6.45, 7) is 11.4. The quantitative estimate of drug-likeness (QED) is 0.741. The minimum Gasteiger partial charge on any atom is -0.377 e. The topological polar surface area (TPSA) is 24.5 Å². The number of nitrogens with one attached hydrogen (secondary N) is 1. The van der Waals surface area contributed by atoms with Crippen molar-refractivity contribution in [1.29, 1.82) is 0 Å². The van der Waals surface area contributed by atoms with Crippen molar-refractivity contribution in [2.45, 2.75) is 58.1 Å². The maximum Gasteiger partial charge on any atom is 0.0777 e. The number of rotatable bonds is 7. The van der Waals surface area contributed by atoms with Gasteiger partial charge in [-0.1, -0.05) is 6.92 Å². The number of ether oxygens (including phenoxy) is 1. The molecular weight excluding hydrogens is 212 g/mol. The molecule has 0 bridgehead atoms. The Kier molecular flexibility index (Phi) is 6.45. The maximum atomic E-state index is 5.62. The van der Waals surface area contributed by atoms with Crippen LogP contribution < -0.4 is 5.32 Å². The van der Waals surface area contributed by atoms with Gasteiger partial charge in [-0.25, -0.2) is 0 Å². The van der Waals surface area contributed by atoms with Crippen molar-refractivity contribution < 1.29 is 4.74 Å². The van der Waals surface area contributed by atoms with Crippen molar-refractivity contribution >= 4 is 0 Å². The molecule has 0 spiro atoms. The third kappa shape index (κ3) is 5.36. The molecule has 2 atom stereocenters. The summed E-state index contributed by atoms with van der Waals surface area (Å²) < 4.78 is 5.62. The van der Waals surface area contributed by atoms with E-state index in [2.05, 4.69) is 31.0 Å².